The number of amides is 2. The molecule has 2 rings (SSSR count). The van der Waals surface area contributed by atoms with Crippen LogP contribution in [0.15, 0.2) is 24.3 Å². The van der Waals surface area contributed by atoms with Crippen LogP contribution in [0, 0.1) is 0 Å². The zero-order chi connectivity index (χ0) is 15.9. The standard InChI is InChI=1S/C16H23N3O3/c1-3-22-15-7-5-4-6-14(15)17-16(21)12-18-8-10-19(11-9-18)13(2)20/h4-7H,3,8-12H2,1-2H3,(H,17,21)/p+1. The summed E-state index contributed by atoms with van der Waals surface area (Å²) in [6.45, 7) is 7.51. The zero-order valence-corrected chi connectivity index (χ0v) is 13.2. The van der Waals surface area contributed by atoms with E-state index in [1.54, 1.807) is 6.92 Å². The third-order valence-corrected chi connectivity index (χ3v) is 3.79. The third kappa shape index (κ3) is 4.46. The first kappa shape index (κ1) is 16.3. The molecule has 1 aromatic rings. The molecule has 0 unspecified atom stereocenters. The number of nitrogens with one attached hydrogen (secondary N) is 2. The van der Waals surface area contributed by atoms with Crippen LogP contribution in [-0.2, 0) is 9.59 Å². The second-order valence-corrected chi connectivity index (χ2v) is 5.41. The van der Waals surface area contributed by atoms with Crippen LogP contribution < -0.4 is 15.0 Å². The van der Waals surface area contributed by atoms with E-state index in [1.165, 1.54) is 4.90 Å². The van der Waals surface area contributed by atoms with Crippen LogP contribution in [-0.4, -0.2) is 56.0 Å². The molecule has 6 nitrogen and oxygen atoms in total. The van der Waals surface area contributed by atoms with Gasteiger partial charge in [-0.05, 0) is 19.1 Å². The van der Waals surface area contributed by atoms with E-state index in [0.29, 0.717) is 37.7 Å². The largest absolute Gasteiger partial charge is 0.492 e. The van der Waals surface area contributed by atoms with Crippen LogP contribution in [0.4, 0.5) is 5.69 Å². The zero-order valence-electron chi connectivity index (χ0n) is 13.2. The van der Waals surface area contributed by atoms with E-state index in [2.05, 4.69) is 5.32 Å². The monoisotopic (exact) mass is 306 g/mol. The molecule has 0 spiro atoms. The second-order valence-electron chi connectivity index (χ2n) is 5.41. The number of ether oxygens (including phenoxy) is 1. The number of nitrogens with zero attached hydrogens (tertiary/aromatic N) is 1. The Kier molecular flexibility index (Phi) is 5.77. The highest BCUT2D eigenvalue weighted by Crippen LogP contribution is 2.23. The molecule has 1 fully saturated rings. The summed E-state index contributed by atoms with van der Waals surface area (Å²) < 4.78 is 5.50. The third-order valence-electron chi connectivity index (χ3n) is 3.79. The van der Waals surface area contributed by atoms with Gasteiger partial charge in [-0.1, -0.05) is 12.1 Å². The van der Waals surface area contributed by atoms with Gasteiger partial charge in [0.15, 0.2) is 6.54 Å². The number of hydrogen-bond acceptors (Lipinski definition) is 3. The SMILES string of the molecule is CCOc1ccccc1NC(=O)C[NH+]1CCN(C(C)=O)CC1. The van der Waals surface area contributed by atoms with Crippen molar-refractivity contribution >= 4 is 17.5 Å². The number of carbonyl (C=O) groups is 2. The van der Waals surface area contributed by atoms with Crippen LogP contribution in [0.2, 0.25) is 0 Å². The Hall–Kier alpha value is -2.08. The van der Waals surface area contributed by atoms with Gasteiger partial charge in [0.1, 0.15) is 5.75 Å². The van der Waals surface area contributed by atoms with E-state index >= 15 is 0 Å². The van der Waals surface area contributed by atoms with Gasteiger partial charge in [-0.3, -0.25) is 9.59 Å². The maximum atomic E-state index is 12.2. The molecule has 0 radical (unpaired) electrons. The highest BCUT2D eigenvalue weighted by Gasteiger charge is 2.23. The first-order chi connectivity index (χ1) is 10.6. The van der Waals surface area contributed by atoms with Crippen LogP contribution in [0.25, 0.3) is 0 Å². The molecule has 1 saturated heterocycles. The molecule has 0 aromatic heterocycles. The van der Waals surface area contributed by atoms with Gasteiger partial charge in [0.25, 0.3) is 5.91 Å². The van der Waals surface area contributed by atoms with Gasteiger partial charge >= 0.3 is 0 Å². The van der Waals surface area contributed by atoms with E-state index in [0.717, 1.165) is 13.1 Å². The number of benzene rings is 1. The van der Waals surface area contributed by atoms with Crippen molar-refractivity contribution in [2.45, 2.75) is 13.8 Å². The molecule has 0 bridgehead atoms. The fraction of sp³-hybridized carbons (Fsp3) is 0.500. The van der Waals surface area contributed by atoms with Crippen LogP contribution >= 0.6 is 0 Å². The lowest BCUT2D eigenvalue weighted by Gasteiger charge is -2.31. The lowest BCUT2D eigenvalue weighted by molar-refractivity contribution is -0.895. The number of anilines is 1. The topological polar surface area (TPSA) is 63.1 Å². The minimum Gasteiger partial charge on any atom is -0.492 e. The Morgan fingerprint density at radius 1 is 1.27 bits per heavy atom. The van der Waals surface area contributed by atoms with Crippen molar-refractivity contribution in [1.29, 1.82) is 0 Å². The average Bonchev–Trinajstić information content (AvgIpc) is 2.50. The summed E-state index contributed by atoms with van der Waals surface area (Å²) in [4.78, 5) is 26.5. The smallest absolute Gasteiger partial charge is 0.279 e. The maximum absolute atomic E-state index is 12.2. The summed E-state index contributed by atoms with van der Waals surface area (Å²) in [6, 6.07) is 7.44. The van der Waals surface area contributed by atoms with Crippen molar-refractivity contribution in [2.75, 3.05) is 44.6 Å². The van der Waals surface area contributed by atoms with Gasteiger partial charge in [0.05, 0.1) is 38.5 Å². The molecule has 0 atom stereocenters. The number of quaternary nitrogens is 1. The van der Waals surface area contributed by atoms with Crippen molar-refractivity contribution in [3.05, 3.63) is 24.3 Å². The molecule has 120 valence electrons. The Balaban J connectivity index is 1.85. The molecule has 1 aromatic carbocycles. The Morgan fingerprint density at radius 2 is 1.95 bits per heavy atom. The van der Waals surface area contributed by atoms with E-state index in [1.807, 2.05) is 36.1 Å². The fourth-order valence-electron chi connectivity index (χ4n) is 2.59. The van der Waals surface area contributed by atoms with Crippen molar-refractivity contribution < 1.29 is 19.2 Å². The summed E-state index contributed by atoms with van der Waals surface area (Å²) in [5, 5.41) is 2.91. The van der Waals surface area contributed by atoms with Crippen LogP contribution in [0.3, 0.4) is 0 Å². The molecule has 1 heterocycles. The van der Waals surface area contributed by atoms with Gasteiger partial charge in [0, 0.05) is 6.92 Å². The Bertz CT molecular complexity index is 525. The molecule has 6 heteroatoms. The molecular formula is C16H24N3O3+. The quantitative estimate of drug-likeness (QED) is 0.790. The summed E-state index contributed by atoms with van der Waals surface area (Å²) in [7, 11) is 0. The molecule has 1 aliphatic heterocycles. The Labute approximate surface area is 131 Å². The van der Waals surface area contributed by atoms with Gasteiger partial charge < -0.3 is 19.9 Å². The first-order valence-corrected chi connectivity index (χ1v) is 7.71. The number of rotatable bonds is 5. The highest BCUT2D eigenvalue weighted by molar-refractivity contribution is 5.92. The molecule has 2 N–H and O–H groups in total. The maximum Gasteiger partial charge on any atom is 0.279 e. The molecule has 22 heavy (non-hydrogen) atoms. The predicted octanol–water partition coefficient (Wildman–Crippen LogP) is -0.229. The van der Waals surface area contributed by atoms with Gasteiger partial charge in [-0.2, -0.15) is 0 Å². The van der Waals surface area contributed by atoms with E-state index in [4.69, 9.17) is 4.74 Å². The van der Waals surface area contributed by atoms with Crippen molar-refractivity contribution in [2.24, 2.45) is 0 Å². The molecule has 2 amide bonds. The van der Waals surface area contributed by atoms with Crippen LogP contribution in [0.1, 0.15) is 13.8 Å². The van der Waals surface area contributed by atoms with E-state index < -0.39 is 0 Å². The summed E-state index contributed by atoms with van der Waals surface area (Å²) in [5.41, 5.74) is 0.705. The summed E-state index contributed by atoms with van der Waals surface area (Å²) in [6.07, 6.45) is 0. The van der Waals surface area contributed by atoms with Gasteiger partial charge in [-0.15, -0.1) is 0 Å². The molecule has 0 saturated carbocycles. The summed E-state index contributed by atoms with van der Waals surface area (Å²) >= 11 is 0. The average molecular weight is 306 g/mol. The minimum atomic E-state index is -0.0292. The molecule has 1 aliphatic rings. The fourth-order valence-corrected chi connectivity index (χ4v) is 2.59. The normalized spacial score (nSPS) is 15.5. The summed E-state index contributed by atoms with van der Waals surface area (Å²) in [5.74, 6) is 0.766. The van der Waals surface area contributed by atoms with E-state index in [-0.39, 0.29) is 11.8 Å². The number of piperazine rings is 1. The Morgan fingerprint density at radius 3 is 2.59 bits per heavy atom. The van der Waals surface area contributed by atoms with E-state index in [9.17, 15) is 9.59 Å². The minimum absolute atomic E-state index is 0.0292. The van der Waals surface area contributed by atoms with Crippen molar-refractivity contribution in [1.82, 2.24) is 4.90 Å². The van der Waals surface area contributed by atoms with Crippen LogP contribution in [0.5, 0.6) is 5.75 Å². The van der Waals surface area contributed by atoms with Gasteiger partial charge in [-0.25, -0.2) is 0 Å². The van der Waals surface area contributed by atoms with Crippen molar-refractivity contribution in [3.8, 4) is 5.75 Å². The molecule has 0 aliphatic carbocycles. The second kappa shape index (κ2) is 7.79. The van der Waals surface area contributed by atoms with Crippen molar-refractivity contribution in [3.63, 3.8) is 0 Å². The molecular weight excluding hydrogens is 282 g/mol. The number of hydrogen-bond donors (Lipinski definition) is 2. The highest BCUT2D eigenvalue weighted by atomic mass is 16.5. The first-order valence-electron chi connectivity index (χ1n) is 7.71. The number of carbonyl (C=O) groups excluding carboxylic acids is 2. The lowest BCUT2D eigenvalue weighted by Crippen LogP contribution is -3.15. The lowest BCUT2D eigenvalue weighted by atomic mass is 10.2. The number of para-hydroxylation sites is 2. The van der Waals surface area contributed by atoms with Gasteiger partial charge in [0.2, 0.25) is 5.91 Å². The predicted molar refractivity (Wildman–Crippen MR) is 84.1 cm³/mol.